The summed E-state index contributed by atoms with van der Waals surface area (Å²) in [6, 6.07) is 8.16. The monoisotopic (exact) mass is 443 g/mol. The standard InChI is InChI=1S/C17H25N5O.HI/c1-5-23-16-8-6-14(7-9-16)12-21(3)17(18-2)19-10-15-11-20-22(4)13-15;/h6-9,11,13H,5,10,12H2,1-4H3,(H,18,19);1H. The van der Waals surface area contributed by atoms with Crippen LogP contribution < -0.4 is 10.1 Å². The lowest BCUT2D eigenvalue weighted by molar-refractivity contribution is 0.340. The van der Waals surface area contributed by atoms with Gasteiger partial charge in [-0.15, -0.1) is 24.0 Å². The van der Waals surface area contributed by atoms with Crippen LogP contribution in [0.1, 0.15) is 18.1 Å². The van der Waals surface area contributed by atoms with Gasteiger partial charge in [0, 0.05) is 46.0 Å². The number of aryl methyl sites for hydroxylation is 1. The van der Waals surface area contributed by atoms with E-state index < -0.39 is 0 Å². The molecular weight excluding hydrogens is 417 g/mol. The molecule has 0 aliphatic carbocycles. The Morgan fingerprint density at radius 3 is 2.54 bits per heavy atom. The Morgan fingerprint density at radius 2 is 2.00 bits per heavy atom. The van der Waals surface area contributed by atoms with Gasteiger partial charge in [-0.25, -0.2) is 0 Å². The molecule has 24 heavy (non-hydrogen) atoms. The maximum atomic E-state index is 5.47. The van der Waals surface area contributed by atoms with Gasteiger partial charge in [-0.05, 0) is 24.6 Å². The van der Waals surface area contributed by atoms with Crippen LogP contribution in [0.5, 0.6) is 5.75 Å². The highest BCUT2D eigenvalue weighted by molar-refractivity contribution is 14.0. The Bertz CT molecular complexity index is 639. The van der Waals surface area contributed by atoms with Crippen LogP contribution in [0.25, 0.3) is 0 Å². The molecule has 0 fully saturated rings. The number of nitrogens with one attached hydrogen (secondary N) is 1. The highest BCUT2D eigenvalue weighted by Crippen LogP contribution is 2.13. The molecule has 2 rings (SSSR count). The zero-order chi connectivity index (χ0) is 16.7. The van der Waals surface area contributed by atoms with Gasteiger partial charge in [-0.1, -0.05) is 12.1 Å². The number of ether oxygens (including phenoxy) is 1. The van der Waals surface area contributed by atoms with E-state index in [2.05, 4.69) is 32.4 Å². The lowest BCUT2D eigenvalue weighted by atomic mass is 10.2. The van der Waals surface area contributed by atoms with Crippen molar-refractivity contribution in [2.45, 2.75) is 20.0 Å². The molecule has 0 saturated heterocycles. The van der Waals surface area contributed by atoms with Crippen molar-refractivity contribution in [1.29, 1.82) is 0 Å². The first-order valence-electron chi connectivity index (χ1n) is 7.73. The largest absolute Gasteiger partial charge is 0.494 e. The van der Waals surface area contributed by atoms with Gasteiger partial charge in [-0.3, -0.25) is 9.67 Å². The summed E-state index contributed by atoms with van der Waals surface area (Å²) in [4.78, 5) is 6.42. The first-order valence-corrected chi connectivity index (χ1v) is 7.73. The van der Waals surface area contributed by atoms with E-state index in [1.165, 1.54) is 5.56 Å². The second kappa shape index (κ2) is 10.2. The van der Waals surface area contributed by atoms with E-state index in [4.69, 9.17) is 4.74 Å². The topological polar surface area (TPSA) is 54.7 Å². The predicted molar refractivity (Wildman–Crippen MR) is 108 cm³/mol. The normalized spacial score (nSPS) is 10.9. The van der Waals surface area contributed by atoms with Gasteiger partial charge in [0.05, 0.1) is 12.8 Å². The second-order valence-electron chi connectivity index (χ2n) is 5.36. The number of aliphatic imine (C=N–C) groups is 1. The molecule has 0 aliphatic rings. The summed E-state index contributed by atoms with van der Waals surface area (Å²) in [7, 11) is 5.73. The van der Waals surface area contributed by atoms with Crippen LogP contribution in [0.2, 0.25) is 0 Å². The number of benzene rings is 1. The third kappa shape index (κ3) is 6.03. The third-order valence-corrected chi connectivity index (χ3v) is 3.44. The van der Waals surface area contributed by atoms with Crippen LogP contribution in [0.3, 0.4) is 0 Å². The SMILES string of the molecule is CCOc1ccc(CN(C)C(=NC)NCc2cnn(C)c2)cc1.I. The molecule has 0 amide bonds. The lowest BCUT2D eigenvalue weighted by Crippen LogP contribution is -2.37. The van der Waals surface area contributed by atoms with E-state index in [1.54, 1.807) is 11.7 Å². The lowest BCUT2D eigenvalue weighted by Gasteiger charge is -2.22. The van der Waals surface area contributed by atoms with Crippen molar-refractivity contribution in [2.75, 3.05) is 20.7 Å². The Hall–Kier alpha value is -1.77. The fourth-order valence-corrected chi connectivity index (χ4v) is 2.34. The number of hydrogen-bond acceptors (Lipinski definition) is 3. The molecule has 0 saturated carbocycles. The molecule has 1 heterocycles. The minimum atomic E-state index is 0. The molecule has 6 nitrogen and oxygen atoms in total. The summed E-state index contributed by atoms with van der Waals surface area (Å²) in [5, 5.41) is 7.52. The van der Waals surface area contributed by atoms with E-state index in [0.29, 0.717) is 13.2 Å². The van der Waals surface area contributed by atoms with Crippen molar-refractivity contribution in [2.24, 2.45) is 12.0 Å². The highest BCUT2D eigenvalue weighted by Gasteiger charge is 2.07. The molecule has 1 aromatic carbocycles. The Kier molecular flexibility index (Phi) is 8.59. The Balaban J connectivity index is 0.00000288. The molecule has 1 aromatic heterocycles. The molecule has 132 valence electrons. The van der Waals surface area contributed by atoms with Crippen LogP contribution in [0, 0.1) is 0 Å². The minimum absolute atomic E-state index is 0. The summed E-state index contributed by atoms with van der Waals surface area (Å²) in [6.45, 7) is 4.15. The minimum Gasteiger partial charge on any atom is -0.494 e. The molecule has 0 aliphatic heterocycles. The van der Waals surface area contributed by atoms with Gasteiger partial charge in [0.25, 0.3) is 0 Å². The quantitative estimate of drug-likeness (QED) is 0.424. The van der Waals surface area contributed by atoms with E-state index >= 15 is 0 Å². The van der Waals surface area contributed by atoms with Gasteiger partial charge >= 0.3 is 0 Å². The van der Waals surface area contributed by atoms with Crippen LogP contribution in [0.15, 0.2) is 41.7 Å². The van der Waals surface area contributed by atoms with Crippen LogP contribution in [-0.2, 0) is 20.1 Å². The molecule has 1 N–H and O–H groups in total. The molecular formula is C17H26IN5O. The van der Waals surface area contributed by atoms with Crippen LogP contribution in [0.4, 0.5) is 0 Å². The smallest absolute Gasteiger partial charge is 0.193 e. The first kappa shape index (κ1) is 20.3. The van der Waals surface area contributed by atoms with Crippen molar-refractivity contribution in [3.8, 4) is 5.75 Å². The number of guanidine groups is 1. The highest BCUT2D eigenvalue weighted by atomic mass is 127. The van der Waals surface area contributed by atoms with Crippen molar-refractivity contribution in [3.05, 3.63) is 47.8 Å². The average molecular weight is 443 g/mol. The fraction of sp³-hybridized carbons (Fsp3) is 0.412. The van der Waals surface area contributed by atoms with Gasteiger partial charge in [-0.2, -0.15) is 5.10 Å². The molecule has 2 aromatic rings. The van der Waals surface area contributed by atoms with Crippen molar-refractivity contribution in [1.82, 2.24) is 20.0 Å². The number of aromatic nitrogens is 2. The predicted octanol–water partition coefficient (Wildman–Crippen LogP) is 2.64. The number of rotatable bonds is 6. The van der Waals surface area contributed by atoms with E-state index in [-0.39, 0.29) is 24.0 Å². The van der Waals surface area contributed by atoms with Crippen molar-refractivity contribution < 1.29 is 4.74 Å². The van der Waals surface area contributed by atoms with Crippen LogP contribution in [-0.4, -0.2) is 41.3 Å². The average Bonchev–Trinajstić information content (AvgIpc) is 2.95. The van der Waals surface area contributed by atoms with E-state index in [1.807, 2.05) is 45.5 Å². The number of hydrogen-bond donors (Lipinski definition) is 1. The molecule has 0 spiro atoms. The van der Waals surface area contributed by atoms with E-state index in [0.717, 1.165) is 23.8 Å². The summed E-state index contributed by atoms with van der Waals surface area (Å²) >= 11 is 0. The van der Waals surface area contributed by atoms with Gasteiger partial charge in [0.15, 0.2) is 5.96 Å². The fourth-order valence-electron chi connectivity index (χ4n) is 2.34. The maximum absolute atomic E-state index is 5.47. The molecule has 0 unspecified atom stereocenters. The second-order valence-corrected chi connectivity index (χ2v) is 5.36. The van der Waals surface area contributed by atoms with Crippen molar-refractivity contribution >= 4 is 29.9 Å². The van der Waals surface area contributed by atoms with Gasteiger partial charge in [0.2, 0.25) is 0 Å². The zero-order valence-corrected chi connectivity index (χ0v) is 17.0. The maximum Gasteiger partial charge on any atom is 0.193 e. The van der Waals surface area contributed by atoms with Gasteiger partial charge in [0.1, 0.15) is 5.75 Å². The molecule has 0 bridgehead atoms. The third-order valence-electron chi connectivity index (χ3n) is 3.44. The Labute approximate surface area is 160 Å². The van der Waals surface area contributed by atoms with Crippen molar-refractivity contribution in [3.63, 3.8) is 0 Å². The first-order chi connectivity index (χ1) is 11.1. The molecule has 0 radical (unpaired) electrons. The molecule has 0 atom stereocenters. The number of nitrogens with zero attached hydrogens (tertiary/aromatic N) is 4. The molecule has 7 heteroatoms. The summed E-state index contributed by atoms with van der Waals surface area (Å²) in [5.74, 6) is 1.75. The number of halogens is 1. The summed E-state index contributed by atoms with van der Waals surface area (Å²) in [5.41, 5.74) is 2.34. The van der Waals surface area contributed by atoms with Gasteiger partial charge < -0.3 is 15.0 Å². The van der Waals surface area contributed by atoms with Crippen LogP contribution >= 0.6 is 24.0 Å². The zero-order valence-electron chi connectivity index (χ0n) is 14.7. The summed E-state index contributed by atoms with van der Waals surface area (Å²) in [6.07, 6.45) is 3.85. The summed E-state index contributed by atoms with van der Waals surface area (Å²) < 4.78 is 7.26. The van der Waals surface area contributed by atoms with E-state index in [9.17, 15) is 0 Å². The Morgan fingerprint density at radius 1 is 1.29 bits per heavy atom.